The van der Waals surface area contributed by atoms with Crippen molar-refractivity contribution in [3.8, 4) is 0 Å². The Morgan fingerprint density at radius 3 is 2.27 bits per heavy atom. The van der Waals surface area contributed by atoms with Gasteiger partial charge in [0.15, 0.2) is 0 Å². The van der Waals surface area contributed by atoms with Crippen LogP contribution in [0.5, 0.6) is 0 Å². The Hall–Kier alpha value is -1.01. The maximum absolute atomic E-state index is 12.4. The fourth-order valence-corrected chi connectivity index (χ4v) is 5.37. The van der Waals surface area contributed by atoms with Crippen LogP contribution in [0.15, 0.2) is 58.3 Å². The molecule has 140 valence electrons. The molecule has 1 saturated carbocycles. The largest absolute Gasteiger partial charge is 0.240 e. The number of hydrogen-bond acceptors (Lipinski definition) is 3. The second-order valence-corrected chi connectivity index (χ2v) is 9.98. The number of rotatable bonds is 7. The number of hydrogen-bond donors (Lipinski definition) is 1. The molecule has 0 spiro atoms. The molecule has 3 rings (SSSR count). The first-order valence-electron chi connectivity index (χ1n) is 9.02. The summed E-state index contributed by atoms with van der Waals surface area (Å²) in [6, 6.07) is 15.0. The number of sulfonamides is 1. The van der Waals surface area contributed by atoms with Crippen molar-refractivity contribution in [2.45, 2.75) is 47.8 Å². The van der Waals surface area contributed by atoms with Crippen molar-refractivity contribution < 1.29 is 8.42 Å². The van der Waals surface area contributed by atoms with Crippen LogP contribution in [0, 0.1) is 0 Å². The van der Waals surface area contributed by atoms with E-state index >= 15 is 0 Å². The van der Waals surface area contributed by atoms with Crippen LogP contribution < -0.4 is 4.72 Å². The third-order valence-corrected chi connectivity index (χ3v) is 7.49. The zero-order valence-corrected chi connectivity index (χ0v) is 17.0. The van der Waals surface area contributed by atoms with Crippen LogP contribution >= 0.6 is 23.4 Å². The summed E-state index contributed by atoms with van der Waals surface area (Å²) >= 11 is 7.46. The van der Waals surface area contributed by atoms with Crippen molar-refractivity contribution in [2.75, 3.05) is 12.3 Å². The quantitative estimate of drug-likeness (QED) is 0.488. The molecule has 0 aliphatic heterocycles. The van der Waals surface area contributed by atoms with Gasteiger partial charge in [-0.25, -0.2) is 13.1 Å². The van der Waals surface area contributed by atoms with E-state index in [1.54, 1.807) is 23.9 Å². The van der Waals surface area contributed by atoms with Gasteiger partial charge >= 0.3 is 0 Å². The standard InChI is InChI=1S/C20H24ClNO2S2/c21-18-8-10-19(11-9-18)25-15-14-22-26(23,24)20-12-6-17(7-13-20)16-4-2-1-3-5-16/h6-13,16,22H,1-5,14-15H2. The first kappa shape index (κ1) is 19.7. The molecular formula is C20H24ClNO2S2. The Labute approximate surface area is 165 Å². The number of thioether (sulfide) groups is 1. The highest BCUT2D eigenvalue weighted by Crippen LogP contribution is 2.32. The molecule has 0 unspecified atom stereocenters. The van der Waals surface area contributed by atoms with Gasteiger partial charge in [-0.2, -0.15) is 0 Å². The van der Waals surface area contributed by atoms with Crippen molar-refractivity contribution in [3.63, 3.8) is 0 Å². The summed E-state index contributed by atoms with van der Waals surface area (Å²) in [6.45, 7) is 0.389. The highest BCUT2D eigenvalue weighted by Gasteiger charge is 2.17. The summed E-state index contributed by atoms with van der Waals surface area (Å²) in [5, 5.41) is 0.701. The predicted octanol–water partition coefficient (Wildman–Crippen LogP) is 5.46. The molecule has 0 atom stereocenters. The maximum Gasteiger partial charge on any atom is 0.240 e. The minimum atomic E-state index is -3.45. The predicted molar refractivity (Wildman–Crippen MR) is 110 cm³/mol. The minimum Gasteiger partial charge on any atom is -0.210 e. The third-order valence-electron chi connectivity index (χ3n) is 4.74. The molecule has 0 saturated heterocycles. The zero-order chi connectivity index (χ0) is 18.4. The van der Waals surface area contributed by atoms with Crippen LogP contribution in [0.2, 0.25) is 5.02 Å². The SMILES string of the molecule is O=S(=O)(NCCSc1ccc(Cl)cc1)c1ccc(C2CCCCC2)cc1. The van der Waals surface area contributed by atoms with Crippen molar-refractivity contribution in [3.05, 3.63) is 59.1 Å². The van der Waals surface area contributed by atoms with E-state index in [-0.39, 0.29) is 0 Å². The molecule has 0 aromatic heterocycles. The molecule has 0 heterocycles. The summed E-state index contributed by atoms with van der Waals surface area (Å²) in [5.74, 6) is 1.25. The van der Waals surface area contributed by atoms with E-state index in [1.807, 2.05) is 36.4 Å². The van der Waals surface area contributed by atoms with E-state index in [1.165, 1.54) is 37.7 Å². The summed E-state index contributed by atoms with van der Waals surface area (Å²) in [6.07, 6.45) is 6.30. The fraction of sp³-hybridized carbons (Fsp3) is 0.400. The molecule has 2 aromatic carbocycles. The van der Waals surface area contributed by atoms with E-state index in [2.05, 4.69) is 4.72 Å². The molecule has 26 heavy (non-hydrogen) atoms. The van der Waals surface area contributed by atoms with Gasteiger partial charge in [-0.1, -0.05) is 43.0 Å². The number of benzene rings is 2. The molecular weight excluding hydrogens is 386 g/mol. The molecule has 1 aliphatic rings. The normalized spacial score (nSPS) is 15.9. The Kier molecular flexibility index (Phi) is 7.04. The number of halogens is 1. The first-order chi connectivity index (χ1) is 12.5. The van der Waals surface area contributed by atoms with Crippen LogP contribution in [0.1, 0.15) is 43.6 Å². The van der Waals surface area contributed by atoms with Gasteiger partial charge in [0.25, 0.3) is 0 Å². The third kappa shape index (κ3) is 5.49. The Balaban J connectivity index is 1.51. The maximum atomic E-state index is 12.4. The molecule has 0 amide bonds. The lowest BCUT2D eigenvalue weighted by molar-refractivity contribution is 0.443. The van der Waals surface area contributed by atoms with E-state index in [9.17, 15) is 8.42 Å². The fourth-order valence-electron chi connectivity index (χ4n) is 3.31. The van der Waals surface area contributed by atoms with Crippen LogP contribution in [-0.4, -0.2) is 20.7 Å². The Bertz CT molecular complexity index is 799. The lowest BCUT2D eigenvalue weighted by Gasteiger charge is -2.22. The van der Waals surface area contributed by atoms with Crippen LogP contribution in [0.25, 0.3) is 0 Å². The highest BCUT2D eigenvalue weighted by molar-refractivity contribution is 7.99. The second-order valence-electron chi connectivity index (χ2n) is 6.60. The van der Waals surface area contributed by atoms with Crippen LogP contribution in [0.4, 0.5) is 0 Å². The van der Waals surface area contributed by atoms with Crippen molar-refractivity contribution in [1.82, 2.24) is 4.72 Å². The van der Waals surface area contributed by atoms with E-state index in [0.29, 0.717) is 28.1 Å². The van der Waals surface area contributed by atoms with E-state index in [4.69, 9.17) is 11.6 Å². The van der Waals surface area contributed by atoms with Gasteiger partial charge in [0, 0.05) is 22.2 Å². The summed E-state index contributed by atoms with van der Waals surface area (Å²) < 4.78 is 27.6. The summed E-state index contributed by atoms with van der Waals surface area (Å²) in [5.41, 5.74) is 1.27. The van der Waals surface area contributed by atoms with Crippen molar-refractivity contribution in [2.24, 2.45) is 0 Å². The van der Waals surface area contributed by atoms with Gasteiger partial charge in [-0.15, -0.1) is 11.8 Å². The van der Waals surface area contributed by atoms with Gasteiger partial charge in [0.2, 0.25) is 10.0 Å². The smallest absolute Gasteiger partial charge is 0.210 e. The Morgan fingerprint density at radius 1 is 0.962 bits per heavy atom. The van der Waals surface area contributed by atoms with Crippen molar-refractivity contribution >= 4 is 33.4 Å². The van der Waals surface area contributed by atoms with Gasteiger partial charge < -0.3 is 0 Å². The molecule has 1 aliphatic carbocycles. The molecule has 2 aromatic rings. The molecule has 1 N–H and O–H groups in total. The monoisotopic (exact) mass is 409 g/mol. The van der Waals surface area contributed by atoms with Crippen LogP contribution in [0.3, 0.4) is 0 Å². The van der Waals surface area contributed by atoms with Gasteiger partial charge in [0.05, 0.1) is 4.90 Å². The average Bonchev–Trinajstić information content (AvgIpc) is 2.67. The van der Waals surface area contributed by atoms with Gasteiger partial charge in [0.1, 0.15) is 0 Å². The Morgan fingerprint density at radius 2 is 1.62 bits per heavy atom. The second kappa shape index (κ2) is 9.27. The summed E-state index contributed by atoms with van der Waals surface area (Å²) in [4.78, 5) is 1.42. The van der Waals surface area contributed by atoms with E-state index in [0.717, 1.165) is 4.90 Å². The van der Waals surface area contributed by atoms with Gasteiger partial charge in [-0.05, 0) is 60.7 Å². The molecule has 6 heteroatoms. The minimum absolute atomic E-state index is 0.341. The lowest BCUT2D eigenvalue weighted by atomic mass is 9.84. The lowest BCUT2D eigenvalue weighted by Crippen LogP contribution is -2.26. The molecule has 3 nitrogen and oxygen atoms in total. The molecule has 1 fully saturated rings. The van der Waals surface area contributed by atoms with Crippen molar-refractivity contribution in [1.29, 1.82) is 0 Å². The molecule has 0 radical (unpaired) electrons. The summed E-state index contributed by atoms with van der Waals surface area (Å²) in [7, 11) is -3.45. The van der Waals surface area contributed by atoms with Gasteiger partial charge in [-0.3, -0.25) is 0 Å². The molecule has 0 bridgehead atoms. The zero-order valence-electron chi connectivity index (χ0n) is 14.7. The highest BCUT2D eigenvalue weighted by atomic mass is 35.5. The first-order valence-corrected chi connectivity index (χ1v) is 11.9. The number of nitrogens with one attached hydrogen (secondary N) is 1. The van der Waals surface area contributed by atoms with E-state index < -0.39 is 10.0 Å². The van der Waals surface area contributed by atoms with Crippen LogP contribution in [-0.2, 0) is 10.0 Å². The average molecular weight is 410 g/mol. The topological polar surface area (TPSA) is 46.2 Å².